The monoisotopic (exact) mass is 257 g/mol. The van der Waals surface area contributed by atoms with Crippen molar-refractivity contribution in [2.75, 3.05) is 26.7 Å². The highest BCUT2D eigenvalue weighted by Crippen LogP contribution is 2.17. The van der Waals surface area contributed by atoms with Crippen molar-refractivity contribution in [3.05, 3.63) is 0 Å². The molecule has 1 heterocycles. The highest BCUT2D eigenvalue weighted by Gasteiger charge is 2.28. The second-order valence-electron chi connectivity index (χ2n) is 4.54. The summed E-state index contributed by atoms with van der Waals surface area (Å²) in [7, 11) is 1.55. The molecule has 1 aliphatic heterocycles. The number of aliphatic carboxylic acids is 1. The van der Waals surface area contributed by atoms with E-state index in [0.29, 0.717) is 19.5 Å². The van der Waals surface area contributed by atoms with Gasteiger partial charge in [-0.2, -0.15) is 0 Å². The number of likely N-dealkylation sites (tertiary alicyclic amines) is 1. The molecule has 0 aromatic heterocycles. The second-order valence-corrected chi connectivity index (χ2v) is 4.54. The van der Waals surface area contributed by atoms with E-state index in [2.05, 4.69) is 0 Å². The van der Waals surface area contributed by atoms with Gasteiger partial charge in [-0.15, -0.1) is 0 Å². The number of rotatable bonds is 4. The van der Waals surface area contributed by atoms with Gasteiger partial charge in [-0.3, -0.25) is 9.59 Å². The number of piperidine rings is 1. The summed E-state index contributed by atoms with van der Waals surface area (Å²) in [6, 6.07) is -0.248. The fourth-order valence-electron chi connectivity index (χ4n) is 1.98. The van der Waals surface area contributed by atoms with E-state index in [1.807, 2.05) is 0 Å². The summed E-state index contributed by atoms with van der Waals surface area (Å²) in [4.78, 5) is 36.4. The van der Waals surface area contributed by atoms with Crippen LogP contribution in [0.5, 0.6) is 0 Å². The average Bonchev–Trinajstić information content (AvgIpc) is 2.35. The van der Waals surface area contributed by atoms with Crippen molar-refractivity contribution in [3.63, 3.8) is 0 Å². The lowest BCUT2D eigenvalue weighted by molar-refractivity contribution is -0.137. The quantitative estimate of drug-likeness (QED) is 0.722. The highest BCUT2D eigenvalue weighted by atomic mass is 16.4. The number of hydrogen-bond donors (Lipinski definition) is 2. The van der Waals surface area contributed by atoms with Gasteiger partial charge in [-0.1, -0.05) is 0 Å². The lowest BCUT2D eigenvalue weighted by Crippen LogP contribution is -2.48. The molecule has 3 amide bonds. The van der Waals surface area contributed by atoms with Gasteiger partial charge in [0.1, 0.15) is 0 Å². The SMILES string of the molecule is CN(CCC(=O)O)C(=O)N1CCCC(C(N)=O)C1. The Balaban J connectivity index is 2.49. The second kappa shape index (κ2) is 6.23. The molecule has 1 rings (SSSR count). The van der Waals surface area contributed by atoms with Crippen LogP contribution in [0.25, 0.3) is 0 Å². The lowest BCUT2D eigenvalue weighted by Gasteiger charge is -2.34. The third-order valence-electron chi connectivity index (χ3n) is 3.08. The molecule has 1 unspecified atom stereocenters. The van der Waals surface area contributed by atoms with Crippen LogP contribution in [-0.2, 0) is 9.59 Å². The summed E-state index contributed by atoms with van der Waals surface area (Å²) in [5, 5.41) is 8.56. The first-order chi connectivity index (χ1) is 8.41. The van der Waals surface area contributed by atoms with Gasteiger partial charge >= 0.3 is 12.0 Å². The third-order valence-corrected chi connectivity index (χ3v) is 3.08. The van der Waals surface area contributed by atoms with E-state index < -0.39 is 5.97 Å². The summed E-state index contributed by atoms with van der Waals surface area (Å²) >= 11 is 0. The predicted octanol–water partition coefficient (Wildman–Crippen LogP) is -0.290. The first-order valence-electron chi connectivity index (χ1n) is 5.93. The maximum atomic E-state index is 12.0. The van der Waals surface area contributed by atoms with Gasteiger partial charge in [0.15, 0.2) is 0 Å². The van der Waals surface area contributed by atoms with Crippen LogP contribution in [0.3, 0.4) is 0 Å². The predicted molar refractivity (Wildman–Crippen MR) is 63.8 cm³/mol. The zero-order chi connectivity index (χ0) is 13.7. The van der Waals surface area contributed by atoms with Crippen molar-refractivity contribution in [2.24, 2.45) is 11.7 Å². The number of carboxylic acid groups (broad SMARTS) is 1. The minimum absolute atomic E-state index is 0.0880. The van der Waals surface area contributed by atoms with Crippen molar-refractivity contribution in [2.45, 2.75) is 19.3 Å². The summed E-state index contributed by atoms with van der Waals surface area (Å²) in [5.41, 5.74) is 5.24. The Labute approximate surface area is 106 Å². The fraction of sp³-hybridized carbons (Fsp3) is 0.727. The standard InChI is InChI=1S/C11H19N3O4/c1-13(6-4-9(15)16)11(18)14-5-2-3-8(7-14)10(12)17/h8H,2-7H2,1H3,(H2,12,17)(H,15,16). The zero-order valence-corrected chi connectivity index (χ0v) is 10.5. The van der Waals surface area contributed by atoms with Crippen molar-refractivity contribution in [1.29, 1.82) is 0 Å². The van der Waals surface area contributed by atoms with Crippen LogP contribution < -0.4 is 5.73 Å². The molecule has 1 atom stereocenters. The minimum Gasteiger partial charge on any atom is -0.481 e. The van der Waals surface area contributed by atoms with E-state index in [9.17, 15) is 14.4 Å². The number of nitrogens with two attached hydrogens (primary N) is 1. The normalized spacial score (nSPS) is 19.4. The molecular weight excluding hydrogens is 238 g/mol. The van der Waals surface area contributed by atoms with Crippen LogP contribution in [0, 0.1) is 5.92 Å². The molecule has 0 aromatic carbocycles. The van der Waals surface area contributed by atoms with E-state index in [0.717, 1.165) is 6.42 Å². The lowest BCUT2D eigenvalue weighted by atomic mass is 9.98. The number of urea groups is 1. The Kier molecular flexibility index (Phi) is 4.94. The highest BCUT2D eigenvalue weighted by molar-refractivity contribution is 5.79. The molecule has 1 saturated heterocycles. The van der Waals surface area contributed by atoms with Gasteiger partial charge in [0, 0.05) is 26.7 Å². The molecule has 0 aromatic rings. The molecule has 1 aliphatic rings. The van der Waals surface area contributed by atoms with Gasteiger partial charge in [0.05, 0.1) is 12.3 Å². The van der Waals surface area contributed by atoms with E-state index in [4.69, 9.17) is 10.8 Å². The first-order valence-corrected chi connectivity index (χ1v) is 5.93. The summed E-state index contributed by atoms with van der Waals surface area (Å²) in [6.07, 6.45) is 1.36. The van der Waals surface area contributed by atoms with Crippen LogP contribution in [0.2, 0.25) is 0 Å². The third kappa shape index (κ3) is 3.90. The Bertz CT molecular complexity index is 345. The van der Waals surface area contributed by atoms with Gasteiger partial charge in [0.2, 0.25) is 5.91 Å². The van der Waals surface area contributed by atoms with Crippen molar-refractivity contribution < 1.29 is 19.5 Å². The van der Waals surface area contributed by atoms with Crippen molar-refractivity contribution in [1.82, 2.24) is 9.80 Å². The zero-order valence-electron chi connectivity index (χ0n) is 10.5. The maximum absolute atomic E-state index is 12.0. The minimum atomic E-state index is -0.941. The number of carbonyl (C=O) groups excluding carboxylic acids is 2. The number of amides is 3. The summed E-state index contributed by atoms with van der Waals surface area (Å²) < 4.78 is 0. The van der Waals surface area contributed by atoms with Crippen LogP contribution >= 0.6 is 0 Å². The summed E-state index contributed by atoms with van der Waals surface area (Å²) in [5.74, 6) is -1.63. The largest absolute Gasteiger partial charge is 0.481 e. The van der Waals surface area contributed by atoms with E-state index in [-0.39, 0.29) is 30.8 Å². The van der Waals surface area contributed by atoms with Gasteiger partial charge in [-0.25, -0.2) is 4.79 Å². The molecule has 102 valence electrons. The van der Waals surface area contributed by atoms with E-state index in [1.54, 1.807) is 11.9 Å². The van der Waals surface area contributed by atoms with Crippen LogP contribution in [0.1, 0.15) is 19.3 Å². The molecule has 0 bridgehead atoms. The average molecular weight is 257 g/mol. The fourth-order valence-corrected chi connectivity index (χ4v) is 1.98. The van der Waals surface area contributed by atoms with Crippen LogP contribution in [0.15, 0.2) is 0 Å². The van der Waals surface area contributed by atoms with Crippen molar-refractivity contribution in [3.8, 4) is 0 Å². The topological polar surface area (TPSA) is 104 Å². The Morgan fingerprint density at radius 1 is 1.44 bits per heavy atom. The smallest absolute Gasteiger partial charge is 0.319 e. The molecule has 0 saturated carbocycles. The molecule has 0 spiro atoms. The number of carboxylic acids is 1. The van der Waals surface area contributed by atoms with Crippen LogP contribution in [-0.4, -0.2) is 59.5 Å². The maximum Gasteiger partial charge on any atom is 0.319 e. The first kappa shape index (κ1) is 14.3. The molecule has 7 nitrogen and oxygen atoms in total. The number of nitrogens with zero attached hydrogens (tertiary/aromatic N) is 2. The Hall–Kier alpha value is -1.79. The van der Waals surface area contributed by atoms with Gasteiger partial charge in [0.25, 0.3) is 0 Å². The Morgan fingerprint density at radius 2 is 2.11 bits per heavy atom. The molecular formula is C11H19N3O4. The van der Waals surface area contributed by atoms with Crippen molar-refractivity contribution >= 4 is 17.9 Å². The van der Waals surface area contributed by atoms with E-state index >= 15 is 0 Å². The number of primary amides is 1. The molecule has 18 heavy (non-hydrogen) atoms. The Morgan fingerprint density at radius 3 is 2.67 bits per heavy atom. The molecule has 7 heteroatoms. The van der Waals surface area contributed by atoms with Gasteiger partial charge < -0.3 is 20.6 Å². The van der Waals surface area contributed by atoms with Gasteiger partial charge in [-0.05, 0) is 12.8 Å². The van der Waals surface area contributed by atoms with Crippen LogP contribution in [0.4, 0.5) is 4.79 Å². The summed E-state index contributed by atoms with van der Waals surface area (Å²) in [6.45, 7) is 1.07. The molecule has 0 radical (unpaired) electrons. The number of carbonyl (C=O) groups is 3. The molecule has 1 fully saturated rings. The molecule has 3 N–H and O–H groups in total. The number of hydrogen-bond acceptors (Lipinski definition) is 3. The molecule has 0 aliphatic carbocycles. The van der Waals surface area contributed by atoms with E-state index in [1.165, 1.54) is 4.90 Å².